The van der Waals surface area contributed by atoms with Crippen LogP contribution in [0.25, 0.3) is 0 Å². The number of carbonyl (C=O) groups is 2. The number of rotatable bonds is 5. The second-order valence-electron chi connectivity index (χ2n) is 4.63. The molecule has 1 aliphatic carbocycles. The molecule has 1 aliphatic rings. The molecule has 1 N–H and O–H groups in total. The highest BCUT2D eigenvalue weighted by Gasteiger charge is 2.25. The van der Waals surface area contributed by atoms with Crippen molar-refractivity contribution in [2.24, 2.45) is 5.92 Å². The molecule has 7 heteroatoms. The third kappa shape index (κ3) is 3.11. The van der Waals surface area contributed by atoms with Crippen LogP contribution in [0.5, 0.6) is 0 Å². The van der Waals surface area contributed by atoms with Gasteiger partial charge in [0.1, 0.15) is 5.56 Å². The average Bonchev–Trinajstić information content (AvgIpc) is 3.27. The van der Waals surface area contributed by atoms with E-state index in [1.807, 2.05) is 0 Å². The molecule has 1 saturated carbocycles. The molecular formula is C13H14N2O5. The van der Waals surface area contributed by atoms with Gasteiger partial charge in [-0.1, -0.05) is 0 Å². The molecule has 0 atom stereocenters. The Morgan fingerprint density at radius 1 is 1.45 bits per heavy atom. The Balaban J connectivity index is 2.21. The molecule has 20 heavy (non-hydrogen) atoms. The van der Waals surface area contributed by atoms with Crippen LogP contribution in [0, 0.1) is 16.0 Å². The largest absolute Gasteiger partial charge is 0.465 e. The van der Waals surface area contributed by atoms with Crippen molar-refractivity contribution in [2.45, 2.75) is 12.8 Å². The summed E-state index contributed by atoms with van der Waals surface area (Å²) in [7, 11) is 1.14. The molecular weight excluding hydrogens is 264 g/mol. The number of amides is 1. The summed E-state index contributed by atoms with van der Waals surface area (Å²) >= 11 is 0. The Labute approximate surface area is 115 Å². The van der Waals surface area contributed by atoms with E-state index in [2.05, 4.69) is 10.1 Å². The topological polar surface area (TPSA) is 98.5 Å². The number of carbonyl (C=O) groups excluding carboxylic acids is 2. The van der Waals surface area contributed by atoms with E-state index in [1.165, 1.54) is 12.1 Å². The van der Waals surface area contributed by atoms with Crippen molar-refractivity contribution in [1.29, 1.82) is 0 Å². The minimum absolute atomic E-state index is 0.157. The Hall–Kier alpha value is -2.44. The van der Waals surface area contributed by atoms with Crippen molar-refractivity contribution in [1.82, 2.24) is 5.32 Å². The minimum atomic E-state index is -0.804. The summed E-state index contributed by atoms with van der Waals surface area (Å²) in [6.07, 6.45) is 2.20. The Kier molecular flexibility index (Phi) is 3.97. The van der Waals surface area contributed by atoms with Crippen molar-refractivity contribution in [2.75, 3.05) is 13.7 Å². The van der Waals surface area contributed by atoms with Gasteiger partial charge in [0.05, 0.1) is 12.0 Å². The molecule has 2 rings (SSSR count). The maximum atomic E-state index is 11.9. The van der Waals surface area contributed by atoms with Crippen molar-refractivity contribution in [3.63, 3.8) is 0 Å². The first-order valence-corrected chi connectivity index (χ1v) is 6.18. The smallest absolute Gasteiger partial charge is 0.344 e. The first kappa shape index (κ1) is 14.0. The van der Waals surface area contributed by atoms with E-state index in [9.17, 15) is 19.7 Å². The van der Waals surface area contributed by atoms with Crippen LogP contribution in [0.1, 0.15) is 33.6 Å². The van der Waals surface area contributed by atoms with Crippen molar-refractivity contribution >= 4 is 17.6 Å². The molecule has 0 aromatic heterocycles. The molecule has 1 fully saturated rings. The van der Waals surface area contributed by atoms with Gasteiger partial charge in [0.2, 0.25) is 0 Å². The monoisotopic (exact) mass is 278 g/mol. The Morgan fingerprint density at radius 2 is 2.15 bits per heavy atom. The highest BCUT2D eigenvalue weighted by Crippen LogP contribution is 2.28. The maximum absolute atomic E-state index is 11.9. The number of hydrogen-bond donors (Lipinski definition) is 1. The van der Waals surface area contributed by atoms with Crippen LogP contribution in [-0.2, 0) is 4.74 Å². The molecule has 1 amide bonds. The van der Waals surface area contributed by atoms with Gasteiger partial charge in [-0.25, -0.2) is 4.79 Å². The van der Waals surface area contributed by atoms with Crippen molar-refractivity contribution in [3.8, 4) is 0 Å². The third-order valence-electron chi connectivity index (χ3n) is 3.11. The summed E-state index contributed by atoms with van der Waals surface area (Å²) in [4.78, 5) is 33.5. The molecule has 0 heterocycles. The fraction of sp³-hybridized carbons (Fsp3) is 0.385. The zero-order valence-electron chi connectivity index (χ0n) is 10.9. The number of hydrogen-bond acceptors (Lipinski definition) is 5. The molecule has 0 spiro atoms. The SMILES string of the molecule is COC(=O)c1ccc(C(=O)NCC2CC2)cc1[N+](=O)[O-]. The second kappa shape index (κ2) is 5.68. The van der Waals surface area contributed by atoms with Crippen LogP contribution in [0.3, 0.4) is 0 Å². The summed E-state index contributed by atoms with van der Waals surface area (Å²) in [5.74, 6) is -0.665. The van der Waals surface area contributed by atoms with E-state index in [-0.39, 0.29) is 17.0 Å². The number of ether oxygens (including phenoxy) is 1. The number of benzene rings is 1. The van der Waals surface area contributed by atoms with Gasteiger partial charge in [-0.2, -0.15) is 0 Å². The van der Waals surface area contributed by atoms with Gasteiger partial charge >= 0.3 is 5.97 Å². The van der Waals surface area contributed by atoms with E-state index >= 15 is 0 Å². The van der Waals surface area contributed by atoms with E-state index in [4.69, 9.17) is 0 Å². The first-order chi connectivity index (χ1) is 9.52. The summed E-state index contributed by atoms with van der Waals surface area (Å²) in [6.45, 7) is 0.575. The lowest BCUT2D eigenvalue weighted by Gasteiger charge is -2.06. The molecule has 0 radical (unpaired) electrons. The van der Waals surface area contributed by atoms with Crippen LogP contribution < -0.4 is 5.32 Å². The quantitative estimate of drug-likeness (QED) is 0.500. The molecule has 7 nitrogen and oxygen atoms in total. The molecule has 0 aliphatic heterocycles. The summed E-state index contributed by atoms with van der Waals surface area (Å²) in [5, 5.41) is 13.7. The maximum Gasteiger partial charge on any atom is 0.344 e. The predicted octanol–water partition coefficient (Wildman–Crippen LogP) is 1.52. The van der Waals surface area contributed by atoms with E-state index in [0.29, 0.717) is 12.5 Å². The van der Waals surface area contributed by atoms with Gasteiger partial charge in [-0.05, 0) is 30.9 Å². The third-order valence-corrected chi connectivity index (χ3v) is 3.11. The Morgan fingerprint density at radius 3 is 2.70 bits per heavy atom. The number of esters is 1. The van der Waals surface area contributed by atoms with Gasteiger partial charge < -0.3 is 10.1 Å². The minimum Gasteiger partial charge on any atom is -0.465 e. The Bertz CT molecular complexity index is 566. The fourth-order valence-electron chi connectivity index (χ4n) is 1.77. The fourth-order valence-corrected chi connectivity index (χ4v) is 1.77. The second-order valence-corrected chi connectivity index (χ2v) is 4.63. The van der Waals surface area contributed by atoms with Crippen LogP contribution in [0.4, 0.5) is 5.69 Å². The van der Waals surface area contributed by atoms with Crippen molar-refractivity contribution in [3.05, 3.63) is 39.4 Å². The summed E-state index contributed by atoms with van der Waals surface area (Å²) in [6, 6.07) is 3.70. The lowest BCUT2D eigenvalue weighted by Crippen LogP contribution is -2.25. The molecule has 106 valence electrons. The summed E-state index contributed by atoms with van der Waals surface area (Å²) in [5.41, 5.74) is -0.447. The van der Waals surface area contributed by atoms with Gasteiger partial charge in [0.15, 0.2) is 0 Å². The first-order valence-electron chi connectivity index (χ1n) is 6.18. The molecule has 0 unspecified atom stereocenters. The van der Waals surface area contributed by atoms with Gasteiger partial charge in [-0.3, -0.25) is 14.9 Å². The number of nitrogens with zero attached hydrogens (tertiary/aromatic N) is 1. The number of methoxy groups -OCH3 is 1. The van der Waals surface area contributed by atoms with Gasteiger partial charge in [0, 0.05) is 18.2 Å². The molecule has 1 aromatic carbocycles. The molecule has 0 bridgehead atoms. The average molecular weight is 278 g/mol. The van der Waals surface area contributed by atoms with E-state index < -0.39 is 16.6 Å². The van der Waals surface area contributed by atoms with E-state index in [0.717, 1.165) is 26.0 Å². The van der Waals surface area contributed by atoms with Crippen LogP contribution in [-0.4, -0.2) is 30.5 Å². The predicted molar refractivity (Wildman–Crippen MR) is 69.5 cm³/mol. The van der Waals surface area contributed by atoms with Crippen LogP contribution in [0.15, 0.2) is 18.2 Å². The summed E-state index contributed by atoms with van der Waals surface area (Å²) < 4.78 is 4.47. The van der Waals surface area contributed by atoms with E-state index in [1.54, 1.807) is 0 Å². The lowest BCUT2D eigenvalue weighted by molar-refractivity contribution is -0.385. The van der Waals surface area contributed by atoms with Crippen LogP contribution >= 0.6 is 0 Å². The van der Waals surface area contributed by atoms with Gasteiger partial charge in [0.25, 0.3) is 11.6 Å². The lowest BCUT2D eigenvalue weighted by atomic mass is 10.1. The van der Waals surface area contributed by atoms with Crippen molar-refractivity contribution < 1.29 is 19.2 Å². The zero-order chi connectivity index (χ0) is 14.7. The normalized spacial score (nSPS) is 13.7. The standard InChI is InChI=1S/C13H14N2O5/c1-20-13(17)10-5-4-9(6-11(10)15(18)19)12(16)14-7-8-2-3-8/h4-6,8H,2-3,7H2,1H3,(H,14,16). The molecule has 1 aromatic rings. The zero-order valence-corrected chi connectivity index (χ0v) is 10.9. The molecule has 0 saturated heterocycles. The highest BCUT2D eigenvalue weighted by atomic mass is 16.6. The van der Waals surface area contributed by atoms with Gasteiger partial charge in [-0.15, -0.1) is 0 Å². The number of nitro groups is 1. The number of nitrogens with one attached hydrogen (secondary N) is 1. The number of nitro benzene ring substituents is 1. The highest BCUT2D eigenvalue weighted by molar-refractivity contribution is 5.99. The van der Waals surface area contributed by atoms with Crippen LogP contribution in [0.2, 0.25) is 0 Å².